The Balaban J connectivity index is 1.83. The van der Waals surface area contributed by atoms with E-state index in [4.69, 9.17) is 0 Å². The molecule has 1 unspecified atom stereocenters. The van der Waals surface area contributed by atoms with E-state index in [0.29, 0.717) is 22.3 Å². The van der Waals surface area contributed by atoms with Crippen LogP contribution in [0.2, 0.25) is 0 Å². The summed E-state index contributed by atoms with van der Waals surface area (Å²) in [7, 11) is 0. The number of nitrogens with zero attached hydrogens (tertiary/aromatic N) is 1. The highest BCUT2D eigenvalue weighted by Gasteiger charge is 2.41. The Morgan fingerprint density at radius 2 is 1.50 bits per heavy atom. The van der Waals surface area contributed by atoms with Crippen molar-refractivity contribution in [1.82, 2.24) is 4.90 Å². The third-order valence-electron chi connectivity index (χ3n) is 4.85. The van der Waals surface area contributed by atoms with Crippen LogP contribution < -0.4 is 0 Å². The van der Waals surface area contributed by atoms with Crippen LogP contribution in [0.25, 0.3) is 5.57 Å². The summed E-state index contributed by atoms with van der Waals surface area (Å²) in [4.78, 5) is 14.3. The number of carbonyl (C=O) groups excluding carboxylic acids is 1. The summed E-state index contributed by atoms with van der Waals surface area (Å²) in [6.07, 6.45) is 0. The number of aliphatic hydroxyl groups is 1. The molecule has 1 atom stereocenters. The normalized spacial score (nSPS) is 16.7. The summed E-state index contributed by atoms with van der Waals surface area (Å²) in [6.45, 7) is 0.110. The van der Waals surface area contributed by atoms with Crippen molar-refractivity contribution in [1.29, 1.82) is 0 Å². The van der Waals surface area contributed by atoms with Crippen LogP contribution in [-0.2, 0) is 11.3 Å². The van der Waals surface area contributed by atoms with Crippen molar-refractivity contribution >= 4 is 11.5 Å². The third-order valence-corrected chi connectivity index (χ3v) is 4.85. The fraction of sp³-hybridized carbons (Fsp3) is 0.0870. The molecule has 3 aromatic carbocycles. The first kappa shape index (κ1) is 17.9. The van der Waals surface area contributed by atoms with Crippen LogP contribution >= 0.6 is 0 Å². The quantitative estimate of drug-likeness (QED) is 0.694. The maximum atomic E-state index is 14.7. The van der Waals surface area contributed by atoms with Crippen LogP contribution in [0.3, 0.4) is 0 Å². The first-order chi connectivity index (χ1) is 13.6. The first-order valence-electron chi connectivity index (χ1n) is 8.84. The van der Waals surface area contributed by atoms with E-state index in [9.17, 15) is 18.7 Å². The summed E-state index contributed by atoms with van der Waals surface area (Å²) in [5, 5.41) is 10.6. The van der Waals surface area contributed by atoms with E-state index in [0.717, 1.165) is 0 Å². The van der Waals surface area contributed by atoms with E-state index in [-0.39, 0.29) is 12.4 Å². The molecule has 0 saturated heterocycles. The lowest BCUT2D eigenvalue weighted by molar-refractivity contribution is -0.130. The Labute approximate surface area is 161 Å². The van der Waals surface area contributed by atoms with E-state index in [1.54, 1.807) is 54.6 Å². The lowest BCUT2D eigenvalue weighted by Gasteiger charge is -2.27. The van der Waals surface area contributed by atoms with Gasteiger partial charge >= 0.3 is 0 Å². The Kier molecular flexibility index (Phi) is 4.65. The van der Waals surface area contributed by atoms with Crippen LogP contribution in [0.5, 0.6) is 0 Å². The van der Waals surface area contributed by atoms with Gasteiger partial charge in [-0.1, -0.05) is 60.7 Å². The highest BCUT2D eigenvalue weighted by atomic mass is 19.1. The minimum Gasteiger partial charge on any atom is -0.503 e. The molecule has 1 aliphatic heterocycles. The van der Waals surface area contributed by atoms with E-state index < -0.39 is 23.5 Å². The van der Waals surface area contributed by atoms with Gasteiger partial charge in [0.15, 0.2) is 5.76 Å². The van der Waals surface area contributed by atoms with Crippen LogP contribution in [0.15, 0.2) is 84.6 Å². The van der Waals surface area contributed by atoms with Gasteiger partial charge in [0.25, 0.3) is 5.91 Å². The fourth-order valence-electron chi connectivity index (χ4n) is 3.54. The molecule has 1 aliphatic rings. The maximum absolute atomic E-state index is 14.7. The Hall–Kier alpha value is -3.47. The van der Waals surface area contributed by atoms with E-state index in [1.165, 1.54) is 23.1 Å². The SMILES string of the molecule is O=C1C(O)=C(c2ccccc2)C(c2ccccc2F)N1Cc1ccc(F)cc1. The van der Waals surface area contributed by atoms with E-state index in [2.05, 4.69) is 0 Å². The molecule has 1 N–H and O–H groups in total. The molecule has 3 nitrogen and oxygen atoms in total. The number of benzene rings is 3. The fourth-order valence-corrected chi connectivity index (χ4v) is 3.54. The molecule has 0 bridgehead atoms. The summed E-state index contributed by atoms with van der Waals surface area (Å²) >= 11 is 0. The van der Waals surface area contributed by atoms with Crippen molar-refractivity contribution in [2.75, 3.05) is 0 Å². The van der Waals surface area contributed by atoms with Gasteiger partial charge in [0.2, 0.25) is 0 Å². The van der Waals surface area contributed by atoms with Crippen molar-refractivity contribution < 1.29 is 18.7 Å². The van der Waals surface area contributed by atoms with Crippen molar-refractivity contribution in [2.45, 2.75) is 12.6 Å². The molecule has 1 heterocycles. The molecule has 0 aliphatic carbocycles. The summed E-state index contributed by atoms with van der Waals surface area (Å²) in [5.74, 6) is -1.83. The highest BCUT2D eigenvalue weighted by Crippen LogP contribution is 2.44. The minimum atomic E-state index is -0.791. The molecule has 0 saturated carbocycles. The first-order valence-corrected chi connectivity index (χ1v) is 8.84. The molecule has 0 fully saturated rings. The molecule has 4 rings (SSSR count). The van der Waals surface area contributed by atoms with Gasteiger partial charge in [-0.2, -0.15) is 0 Å². The minimum absolute atomic E-state index is 0.110. The van der Waals surface area contributed by atoms with Crippen LogP contribution in [0.4, 0.5) is 8.78 Å². The third kappa shape index (κ3) is 3.16. The molecule has 0 spiro atoms. The molecular weight excluding hydrogens is 360 g/mol. The number of amides is 1. The zero-order valence-corrected chi connectivity index (χ0v) is 14.8. The summed E-state index contributed by atoms with van der Waals surface area (Å²) in [6, 6.07) is 20.1. The average Bonchev–Trinajstić information content (AvgIpc) is 2.95. The van der Waals surface area contributed by atoms with Gasteiger partial charge in [-0.05, 0) is 29.3 Å². The van der Waals surface area contributed by atoms with Gasteiger partial charge in [-0.3, -0.25) is 4.79 Å². The second-order valence-electron chi connectivity index (χ2n) is 6.61. The van der Waals surface area contributed by atoms with Crippen LogP contribution in [-0.4, -0.2) is 15.9 Å². The number of aliphatic hydroxyl groups excluding tert-OH is 1. The summed E-state index contributed by atoms with van der Waals surface area (Å²) < 4.78 is 27.9. The Morgan fingerprint density at radius 3 is 2.18 bits per heavy atom. The van der Waals surface area contributed by atoms with E-state index in [1.807, 2.05) is 6.07 Å². The molecule has 0 aromatic heterocycles. The maximum Gasteiger partial charge on any atom is 0.290 e. The molecule has 3 aromatic rings. The van der Waals surface area contributed by atoms with Gasteiger partial charge < -0.3 is 10.0 Å². The number of hydrogen-bond acceptors (Lipinski definition) is 2. The molecule has 0 radical (unpaired) electrons. The van der Waals surface area contributed by atoms with Gasteiger partial charge in [0, 0.05) is 17.7 Å². The Morgan fingerprint density at radius 1 is 0.857 bits per heavy atom. The lowest BCUT2D eigenvalue weighted by Crippen LogP contribution is -2.30. The van der Waals surface area contributed by atoms with Crippen molar-refractivity contribution in [3.05, 3.63) is 113 Å². The molecular formula is C23H17F2NO2. The van der Waals surface area contributed by atoms with Gasteiger partial charge in [0.1, 0.15) is 11.6 Å². The molecule has 28 heavy (non-hydrogen) atoms. The standard InChI is InChI=1S/C23H17F2NO2/c24-17-12-10-15(11-13-17)14-26-21(18-8-4-5-9-19(18)25)20(22(27)23(26)28)16-6-2-1-3-7-16/h1-13,21,27H,14H2. The van der Waals surface area contributed by atoms with Crippen molar-refractivity contribution in [3.63, 3.8) is 0 Å². The number of rotatable bonds is 4. The second kappa shape index (κ2) is 7.27. The zero-order valence-electron chi connectivity index (χ0n) is 14.8. The Bertz CT molecular complexity index is 1050. The van der Waals surface area contributed by atoms with Crippen molar-refractivity contribution in [3.8, 4) is 0 Å². The predicted octanol–water partition coefficient (Wildman–Crippen LogP) is 5.02. The molecule has 140 valence electrons. The topological polar surface area (TPSA) is 40.5 Å². The van der Waals surface area contributed by atoms with Crippen LogP contribution in [0, 0.1) is 11.6 Å². The summed E-state index contributed by atoms with van der Waals surface area (Å²) in [5.41, 5.74) is 1.97. The largest absolute Gasteiger partial charge is 0.503 e. The average molecular weight is 377 g/mol. The number of halogens is 2. The van der Waals surface area contributed by atoms with Crippen molar-refractivity contribution in [2.24, 2.45) is 0 Å². The zero-order chi connectivity index (χ0) is 19.7. The molecule has 5 heteroatoms. The number of hydrogen-bond donors (Lipinski definition) is 1. The van der Waals surface area contributed by atoms with Gasteiger partial charge in [-0.25, -0.2) is 8.78 Å². The second-order valence-corrected chi connectivity index (χ2v) is 6.61. The number of carbonyl (C=O) groups is 1. The monoisotopic (exact) mass is 377 g/mol. The van der Waals surface area contributed by atoms with Gasteiger partial charge in [-0.15, -0.1) is 0 Å². The van der Waals surface area contributed by atoms with Crippen LogP contribution in [0.1, 0.15) is 22.7 Å². The highest BCUT2D eigenvalue weighted by molar-refractivity contribution is 6.05. The smallest absolute Gasteiger partial charge is 0.290 e. The van der Waals surface area contributed by atoms with Gasteiger partial charge in [0.05, 0.1) is 6.04 Å². The lowest BCUT2D eigenvalue weighted by atomic mass is 9.93. The molecule has 1 amide bonds. The van der Waals surface area contributed by atoms with E-state index >= 15 is 0 Å². The predicted molar refractivity (Wildman–Crippen MR) is 102 cm³/mol.